The fraction of sp³-hybridized carbons (Fsp3) is 0.889. The topological polar surface area (TPSA) is 108 Å². The van der Waals surface area contributed by atoms with E-state index in [2.05, 4.69) is 9.44 Å². The average Bonchev–Trinajstić information content (AvgIpc) is 2.14. The zero-order valence-corrected chi connectivity index (χ0v) is 11.1. The molecule has 5 N–H and O–H groups in total. The summed E-state index contributed by atoms with van der Waals surface area (Å²) >= 11 is 0. The van der Waals surface area contributed by atoms with Gasteiger partial charge in [-0.1, -0.05) is 20.8 Å². The second-order valence-corrected chi connectivity index (χ2v) is 5.95. The second-order valence-electron chi connectivity index (χ2n) is 4.45. The van der Waals surface area contributed by atoms with Crippen LogP contribution in [0.15, 0.2) is 0 Å². The highest BCUT2D eigenvalue weighted by atomic mass is 32.2. The van der Waals surface area contributed by atoms with Gasteiger partial charge < -0.3 is 5.73 Å². The third-order valence-electron chi connectivity index (χ3n) is 2.34. The molecule has 0 saturated carbocycles. The molecule has 0 heterocycles. The molecule has 0 aromatic carbocycles. The van der Waals surface area contributed by atoms with Crippen LogP contribution < -0.4 is 15.2 Å². The van der Waals surface area contributed by atoms with Crippen molar-refractivity contribution in [2.75, 3.05) is 6.54 Å². The number of rotatable bonds is 7. The van der Waals surface area contributed by atoms with Gasteiger partial charge in [-0.25, -0.2) is 4.72 Å². The van der Waals surface area contributed by atoms with Crippen LogP contribution >= 0.6 is 0 Å². The lowest BCUT2D eigenvalue weighted by Gasteiger charge is -2.27. The molecule has 0 aliphatic heterocycles. The maximum Gasteiger partial charge on any atom is 0.277 e. The predicted octanol–water partition coefficient (Wildman–Crippen LogP) is 0.171. The molecule has 0 bridgehead atoms. The van der Waals surface area contributed by atoms with Crippen LogP contribution in [-0.2, 0) is 10.2 Å². The first kappa shape index (κ1) is 15.3. The van der Waals surface area contributed by atoms with E-state index in [-0.39, 0.29) is 11.8 Å². The fourth-order valence-electron chi connectivity index (χ4n) is 0.927. The summed E-state index contributed by atoms with van der Waals surface area (Å²) in [4.78, 5) is 0. The third kappa shape index (κ3) is 4.91. The maximum atomic E-state index is 11.6. The van der Waals surface area contributed by atoms with Crippen molar-refractivity contribution in [1.82, 2.24) is 9.44 Å². The highest BCUT2D eigenvalue weighted by Crippen LogP contribution is 2.09. The van der Waals surface area contributed by atoms with Gasteiger partial charge in [-0.3, -0.25) is 5.41 Å². The minimum Gasteiger partial charge on any atom is -0.386 e. The Bertz CT molecular complexity index is 339. The van der Waals surface area contributed by atoms with Gasteiger partial charge in [0.2, 0.25) is 0 Å². The van der Waals surface area contributed by atoms with Crippen LogP contribution in [0.5, 0.6) is 0 Å². The number of hydrogen-bond donors (Lipinski definition) is 4. The van der Waals surface area contributed by atoms with Crippen LogP contribution in [-0.4, -0.2) is 26.3 Å². The molecule has 16 heavy (non-hydrogen) atoms. The van der Waals surface area contributed by atoms with E-state index >= 15 is 0 Å². The molecular weight excluding hydrogens is 228 g/mol. The van der Waals surface area contributed by atoms with Gasteiger partial charge >= 0.3 is 0 Å². The first-order chi connectivity index (χ1) is 7.13. The first-order valence-electron chi connectivity index (χ1n) is 5.26. The van der Waals surface area contributed by atoms with Gasteiger partial charge in [-0.05, 0) is 19.3 Å². The molecule has 1 unspecified atom stereocenters. The van der Waals surface area contributed by atoms with Crippen molar-refractivity contribution in [2.45, 2.75) is 39.7 Å². The van der Waals surface area contributed by atoms with Crippen molar-refractivity contribution in [3.63, 3.8) is 0 Å². The monoisotopic (exact) mass is 250 g/mol. The summed E-state index contributed by atoms with van der Waals surface area (Å²) in [6.07, 6.45) is 0.422. The zero-order chi connectivity index (χ0) is 13.0. The van der Waals surface area contributed by atoms with Crippen molar-refractivity contribution >= 4 is 16.0 Å². The summed E-state index contributed by atoms with van der Waals surface area (Å²) < 4.78 is 28.1. The van der Waals surface area contributed by atoms with Gasteiger partial charge in [0.15, 0.2) is 0 Å². The fourth-order valence-corrected chi connectivity index (χ4v) is 2.40. The molecule has 0 aliphatic carbocycles. The van der Waals surface area contributed by atoms with Crippen LogP contribution in [0.3, 0.4) is 0 Å². The Morgan fingerprint density at radius 1 is 1.50 bits per heavy atom. The van der Waals surface area contributed by atoms with E-state index < -0.39 is 15.7 Å². The minimum absolute atomic E-state index is 0.190. The predicted molar refractivity (Wildman–Crippen MR) is 65.5 cm³/mol. The van der Waals surface area contributed by atoms with Crippen molar-refractivity contribution < 1.29 is 8.42 Å². The van der Waals surface area contributed by atoms with Gasteiger partial charge in [0.05, 0.1) is 5.54 Å². The average molecular weight is 250 g/mol. The molecule has 0 aromatic heterocycles. The van der Waals surface area contributed by atoms with E-state index in [0.717, 1.165) is 0 Å². The molecule has 1 atom stereocenters. The lowest BCUT2D eigenvalue weighted by atomic mass is 10.00. The molecule has 0 spiro atoms. The molecule has 0 aliphatic rings. The zero-order valence-electron chi connectivity index (χ0n) is 10.3. The molecule has 0 saturated heterocycles. The Morgan fingerprint density at radius 3 is 2.31 bits per heavy atom. The van der Waals surface area contributed by atoms with E-state index in [1.165, 1.54) is 0 Å². The quantitative estimate of drug-likeness (QED) is 0.382. The van der Waals surface area contributed by atoms with Gasteiger partial charge in [0, 0.05) is 6.54 Å². The van der Waals surface area contributed by atoms with Crippen LogP contribution in [0.1, 0.15) is 34.1 Å². The first-order valence-corrected chi connectivity index (χ1v) is 6.74. The molecule has 6 nitrogen and oxygen atoms in total. The molecule has 0 amide bonds. The van der Waals surface area contributed by atoms with Crippen molar-refractivity contribution in [1.29, 1.82) is 5.41 Å². The van der Waals surface area contributed by atoms with Gasteiger partial charge in [0.1, 0.15) is 5.84 Å². The molecule has 0 fully saturated rings. The number of nitrogens with one attached hydrogen (secondary N) is 3. The Labute approximate surface area is 97.7 Å². The Morgan fingerprint density at radius 2 is 2.00 bits per heavy atom. The van der Waals surface area contributed by atoms with Crippen LogP contribution in [0, 0.1) is 11.3 Å². The third-order valence-corrected chi connectivity index (χ3v) is 3.61. The lowest BCUT2D eigenvalue weighted by molar-refractivity contribution is 0.490. The van der Waals surface area contributed by atoms with Crippen molar-refractivity contribution in [3.05, 3.63) is 0 Å². The molecule has 0 radical (unpaired) electrons. The molecular formula is C9H22N4O2S. The van der Waals surface area contributed by atoms with Crippen LogP contribution in [0.2, 0.25) is 0 Å². The molecule has 0 rings (SSSR count). The van der Waals surface area contributed by atoms with E-state index in [1.54, 1.807) is 13.8 Å². The van der Waals surface area contributed by atoms with Crippen LogP contribution in [0.4, 0.5) is 0 Å². The van der Waals surface area contributed by atoms with E-state index in [4.69, 9.17) is 11.1 Å². The molecule has 96 valence electrons. The van der Waals surface area contributed by atoms with Gasteiger partial charge in [-0.2, -0.15) is 13.1 Å². The largest absolute Gasteiger partial charge is 0.386 e. The smallest absolute Gasteiger partial charge is 0.277 e. The summed E-state index contributed by atoms with van der Waals surface area (Å²) in [7, 11) is -3.61. The summed E-state index contributed by atoms with van der Waals surface area (Å²) in [5, 5.41) is 7.37. The minimum atomic E-state index is -3.61. The second kappa shape index (κ2) is 5.60. The summed E-state index contributed by atoms with van der Waals surface area (Å²) in [5.41, 5.74) is 4.35. The Kier molecular flexibility index (Phi) is 5.37. The highest BCUT2D eigenvalue weighted by Gasteiger charge is 2.30. The van der Waals surface area contributed by atoms with E-state index in [0.29, 0.717) is 13.0 Å². The summed E-state index contributed by atoms with van der Waals surface area (Å²) in [6.45, 7) is 7.53. The van der Waals surface area contributed by atoms with Gasteiger partial charge in [-0.15, -0.1) is 0 Å². The van der Waals surface area contributed by atoms with E-state index in [9.17, 15) is 8.42 Å². The molecule has 0 aromatic rings. The van der Waals surface area contributed by atoms with Crippen molar-refractivity contribution in [2.24, 2.45) is 11.7 Å². The lowest BCUT2D eigenvalue weighted by Crippen LogP contribution is -2.57. The SMILES string of the molecule is CCC(C)(NS(=O)(=O)NCC(C)C)C(=N)N. The number of amidine groups is 1. The number of nitrogens with two attached hydrogens (primary N) is 1. The molecule has 7 heteroatoms. The maximum absolute atomic E-state index is 11.6. The number of hydrogen-bond acceptors (Lipinski definition) is 3. The normalized spacial score (nSPS) is 16.1. The van der Waals surface area contributed by atoms with Crippen molar-refractivity contribution in [3.8, 4) is 0 Å². The Hall–Kier alpha value is -0.660. The summed E-state index contributed by atoms with van der Waals surface area (Å²) in [6, 6.07) is 0. The van der Waals surface area contributed by atoms with Crippen LogP contribution in [0.25, 0.3) is 0 Å². The standard InChI is InChI=1S/C9H22N4O2S/c1-5-9(4,8(10)11)13-16(14,15)12-6-7(2)3/h7,12-13H,5-6H2,1-4H3,(H3,10,11). The highest BCUT2D eigenvalue weighted by molar-refractivity contribution is 7.87. The van der Waals surface area contributed by atoms with Gasteiger partial charge in [0.25, 0.3) is 10.2 Å². The Balaban J connectivity index is 4.63. The summed E-state index contributed by atoms with van der Waals surface area (Å²) in [5.74, 6) is 0.0340. The van der Waals surface area contributed by atoms with E-state index in [1.807, 2.05) is 13.8 Å².